The molecule has 2 aromatic rings. The maximum Gasteiger partial charge on any atom is 0.265 e. The molecule has 1 aromatic heterocycles. The molecule has 20 heavy (non-hydrogen) atoms. The van der Waals surface area contributed by atoms with Crippen LogP contribution in [-0.4, -0.2) is 10.5 Å². The van der Waals surface area contributed by atoms with E-state index in [2.05, 4.69) is 37.2 Å². The maximum absolute atomic E-state index is 12.0. The van der Waals surface area contributed by atoms with E-state index >= 15 is 0 Å². The van der Waals surface area contributed by atoms with Gasteiger partial charge in [-0.1, -0.05) is 12.1 Å². The van der Waals surface area contributed by atoms with Crippen LogP contribution >= 0.6 is 31.9 Å². The lowest BCUT2D eigenvalue weighted by atomic mass is 10.3. The van der Waals surface area contributed by atoms with Gasteiger partial charge in [-0.05, 0) is 62.5 Å². The number of pyridine rings is 1. The van der Waals surface area contributed by atoms with Gasteiger partial charge in [-0.25, -0.2) is 0 Å². The Hall–Kier alpha value is -1.40. The van der Waals surface area contributed by atoms with Crippen molar-refractivity contribution in [1.29, 1.82) is 0 Å². The van der Waals surface area contributed by atoms with Crippen molar-refractivity contribution in [2.24, 2.45) is 0 Å². The number of nitrogens with one attached hydrogen (secondary N) is 1. The zero-order valence-corrected chi connectivity index (χ0v) is 13.9. The van der Waals surface area contributed by atoms with E-state index in [9.17, 15) is 9.59 Å². The van der Waals surface area contributed by atoms with E-state index in [1.54, 1.807) is 18.3 Å². The van der Waals surface area contributed by atoms with Crippen molar-refractivity contribution in [2.75, 3.05) is 5.32 Å². The molecule has 1 heterocycles. The molecular weight excluding hydrogens is 388 g/mol. The number of halogens is 2. The Balaban J connectivity index is 2.17. The number of carbonyl (C=O) groups excluding carboxylic acids is 1. The van der Waals surface area contributed by atoms with Crippen LogP contribution < -0.4 is 10.9 Å². The van der Waals surface area contributed by atoms with E-state index < -0.39 is 0 Å². The number of amides is 1. The summed E-state index contributed by atoms with van der Waals surface area (Å²) in [6.45, 7) is 1.84. The first kappa shape index (κ1) is 15.0. The van der Waals surface area contributed by atoms with Gasteiger partial charge in [-0.15, -0.1) is 0 Å². The number of nitrogens with zero attached hydrogens (tertiary/aromatic N) is 1. The number of anilines is 1. The van der Waals surface area contributed by atoms with Crippen LogP contribution in [0.2, 0.25) is 0 Å². The molecule has 0 aliphatic heterocycles. The summed E-state index contributed by atoms with van der Waals surface area (Å²) in [7, 11) is 0. The normalized spacial score (nSPS) is 10.3. The van der Waals surface area contributed by atoms with Gasteiger partial charge < -0.3 is 9.88 Å². The van der Waals surface area contributed by atoms with Crippen LogP contribution in [0, 0.1) is 6.92 Å². The fourth-order valence-electron chi connectivity index (χ4n) is 1.76. The molecule has 0 radical (unpaired) electrons. The fourth-order valence-corrected chi connectivity index (χ4v) is 2.74. The van der Waals surface area contributed by atoms with Crippen LogP contribution in [0.4, 0.5) is 5.69 Å². The van der Waals surface area contributed by atoms with E-state index in [0.29, 0.717) is 10.2 Å². The van der Waals surface area contributed by atoms with E-state index in [-0.39, 0.29) is 18.0 Å². The minimum absolute atomic E-state index is 0.0273. The van der Waals surface area contributed by atoms with E-state index in [4.69, 9.17) is 0 Å². The Morgan fingerprint density at radius 1 is 1.25 bits per heavy atom. The first-order chi connectivity index (χ1) is 9.47. The summed E-state index contributed by atoms with van der Waals surface area (Å²) in [6, 6.07) is 9.05. The highest BCUT2D eigenvalue weighted by Gasteiger charge is 2.09. The van der Waals surface area contributed by atoms with Gasteiger partial charge in [0.15, 0.2) is 0 Å². The van der Waals surface area contributed by atoms with Crippen molar-refractivity contribution in [3.63, 3.8) is 0 Å². The second-order valence-corrected chi connectivity index (χ2v) is 6.04. The van der Waals surface area contributed by atoms with Crippen LogP contribution in [0.15, 0.2) is 50.3 Å². The molecule has 1 aromatic carbocycles. The summed E-state index contributed by atoms with van der Waals surface area (Å²) in [5, 5.41) is 2.76. The number of aromatic nitrogens is 1. The molecule has 0 atom stereocenters. The number of carbonyl (C=O) groups is 1. The third-order valence-electron chi connectivity index (χ3n) is 2.64. The average Bonchev–Trinajstić information content (AvgIpc) is 2.38. The van der Waals surface area contributed by atoms with Crippen LogP contribution in [-0.2, 0) is 11.3 Å². The maximum atomic E-state index is 12.0. The molecule has 0 bridgehead atoms. The molecular formula is C14H12Br2N2O2. The molecule has 0 aliphatic carbocycles. The highest BCUT2D eigenvalue weighted by atomic mass is 79.9. The summed E-state index contributed by atoms with van der Waals surface area (Å²) < 4.78 is 2.63. The van der Waals surface area contributed by atoms with Crippen molar-refractivity contribution in [3.05, 3.63) is 61.4 Å². The van der Waals surface area contributed by atoms with Gasteiger partial charge in [-0.3, -0.25) is 9.59 Å². The number of rotatable bonds is 3. The first-order valence-corrected chi connectivity index (χ1v) is 7.47. The number of hydrogen-bond acceptors (Lipinski definition) is 2. The second kappa shape index (κ2) is 6.37. The van der Waals surface area contributed by atoms with E-state index in [1.807, 2.05) is 25.1 Å². The van der Waals surface area contributed by atoms with Crippen LogP contribution in [0.5, 0.6) is 0 Å². The summed E-state index contributed by atoms with van der Waals surface area (Å²) in [4.78, 5) is 23.9. The van der Waals surface area contributed by atoms with Gasteiger partial charge in [0.05, 0.1) is 10.2 Å². The minimum Gasteiger partial charge on any atom is -0.324 e. The standard InChI is InChI=1S/C14H12Br2N2O2/c1-9-6-11(16)14(20)18(7-9)8-13(19)17-12-5-3-2-4-10(12)15/h2-7H,8H2,1H3,(H,17,19). The van der Waals surface area contributed by atoms with Crippen LogP contribution in [0.25, 0.3) is 0 Å². The molecule has 0 unspecified atom stereocenters. The lowest BCUT2D eigenvalue weighted by molar-refractivity contribution is -0.116. The molecule has 0 aliphatic rings. The van der Waals surface area contributed by atoms with Crippen molar-refractivity contribution in [1.82, 2.24) is 4.57 Å². The Labute approximate surface area is 133 Å². The predicted octanol–water partition coefficient (Wildman–Crippen LogP) is 3.32. The SMILES string of the molecule is Cc1cc(Br)c(=O)n(CC(=O)Nc2ccccc2Br)c1. The number of benzene rings is 1. The predicted molar refractivity (Wildman–Crippen MR) is 85.9 cm³/mol. The zero-order chi connectivity index (χ0) is 14.7. The van der Waals surface area contributed by atoms with Crippen molar-refractivity contribution in [2.45, 2.75) is 13.5 Å². The van der Waals surface area contributed by atoms with Crippen LogP contribution in [0.3, 0.4) is 0 Å². The molecule has 0 spiro atoms. The largest absolute Gasteiger partial charge is 0.324 e. The Kier molecular flexibility index (Phi) is 4.77. The lowest BCUT2D eigenvalue weighted by Crippen LogP contribution is -2.28. The molecule has 0 saturated heterocycles. The number of para-hydroxylation sites is 1. The van der Waals surface area contributed by atoms with Crippen molar-refractivity contribution in [3.8, 4) is 0 Å². The van der Waals surface area contributed by atoms with Gasteiger partial charge in [0.25, 0.3) is 5.56 Å². The third-order valence-corrected chi connectivity index (χ3v) is 3.90. The van der Waals surface area contributed by atoms with Gasteiger partial charge in [0, 0.05) is 10.7 Å². The molecule has 104 valence electrons. The summed E-state index contributed by atoms with van der Waals surface area (Å²) >= 11 is 6.55. The third kappa shape index (κ3) is 3.58. The van der Waals surface area contributed by atoms with Crippen molar-refractivity contribution >= 4 is 43.5 Å². The van der Waals surface area contributed by atoms with Gasteiger partial charge in [0.2, 0.25) is 5.91 Å². The van der Waals surface area contributed by atoms with E-state index in [0.717, 1.165) is 10.0 Å². The van der Waals surface area contributed by atoms with Crippen LogP contribution in [0.1, 0.15) is 5.56 Å². The monoisotopic (exact) mass is 398 g/mol. The fraction of sp³-hybridized carbons (Fsp3) is 0.143. The number of aryl methyl sites for hydroxylation is 1. The summed E-state index contributed by atoms with van der Waals surface area (Å²) in [5.74, 6) is -0.253. The quantitative estimate of drug-likeness (QED) is 0.860. The highest BCUT2D eigenvalue weighted by Crippen LogP contribution is 2.21. The second-order valence-electron chi connectivity index (χ2n) is 4.33. The molecule has 0 fully saturated rings. The zero-order valence-electron chi connectivity index (χ0n) is 10.7. The molecule has 6 heteroatoms. The molecule has 4 nitrogen and oxygen atoms in total. The Morgan fingerprint density at radius 3 is 2.65 bits per heavy atom. The topological polar surface area (TPSA) is 51.1 Å². The Morgan fingerprint density at radius 2 is 1.95 bits per heavy atom. The summed E-state index contributed by atoms with van der Waals surface area (Å²) in [5.41, 5.74) is 1.36. The Bertz CT molecular complexity index is 711. The van der Waals surface area contributed by atoms with Crippen molar-refractivity contribution < 1.29 is 4.79 Å². The molecule has 2 rings (SSSR count). The smallest absolute Gasteiger partial charge is 0.265 e. The summed E-state index contributed by atoms with van der Waals surface area (Å²) in [6.07, 6.45) is 1.66. The van der Waals surface area contributed by atoms with Gasteiger partial charge in [-0.2, -0.15) is 0 Å². The van der Waals surface area contributed by atoms with E-state index in [1.165, 1.54) is 4.57 Å². The average molecular weight is 400 g/mol. The minimum atomic E-state index is -0.253. The molecule has 0 saturated carbocycles. The van der Waals surface area contributed by atoms with Gasteiger partial charge >= 0.3 is 0 Å². The van der Waals surface area contributed by atoms with Gasteiger partial charge in [0.1, 0.15) is 6.54 Å². The molecule has 1 N–H and O–H groups in total. The first-order valence-electron chi connectivity index (χ1n) is 5.88. The number of hydrogen-bond donors (Lipinski definition) is 1. The lowest BCUT2D eigenvalue weighted by Gasteiger charge is -2.10. The molecule has 1 amide bonds. The highest BCUT2D eigenvalue weighted by molar-refractivity contribution is 9.10.